The second-order valence-electron chi connectivity index (χ2n) is 6.19. The third-order valence-corrected chi connectivity index (χ3v) is 4.94. The smallest absolute Gasteiger partial charge is 0.270 e. The van der Waals surface area contributed by atoms with Crippen molar-refractivity contribution in [2.75, 3.05) is 26.3 Å². The molecule has 0 aromatic heterocycles. The van der Waals surface area contributed by atoms with Crippen molar-refractivity contribution in [3.63, 3.8) is 0 Å². The number of allylic oxidation sites excluding steroid dienone is 2. The molecule has 1 heterocycles. The summed E-state index contributed by atoms with van der Waals surface area (Å²) in [5.41, 5.74) is 1.71. The molecule has 1 aliphatic heterocycles. The van der Waals surface area contributed by atoms with Crippen LogP contribution in [-0.2, 0) is 9.53 Å². The van der Waals surface area contributed by atoms with E-state index in [0.29, 0.717) is 36.3 Å². The maximum atomic E-state index is 12.9. The predicted molar refractivity (Wildman–Crippen MR) is 113 cm³/mol. The van der Waals surface area contributed by atoms with Crippen LogP contribution in [0.15, 0.2) is 76.9 Å². The lowest BCUT2D eigenvalue weighted by Gasteiger charge is -2.27. The lowest BCUT2D eigenvalue weighted by molar-refractivity contribution is -0.131. The average Bonchev–Trinajstić information content (AvgIpc) is 2.74. The summed E-state index contributed by atoms with van der Waals surface area (Å²) in [5.74, 6) is -0.560. The molecule has 1 fully saturated rings. The Balaban J connectivity index is 1.82. The Morgan fingerprint density at radius 1 is 1.00 bits per heavy atom. The zero-order valence-corrected chi connectivity index (χ0v) is 16.9. The summed E-state index contributed by atoms with van der Waals surface area (Å²) in [6, 6.07) is 16.9. The number of morpholine rings is 1. The van der Waals surface area contributed by atoms with Crippen LogP contribution in [0.3, 0.4) is 0 Å². The largest absolute Gasteiger partial charge is 0.378 e. The summed E-state index contributed by atoms with van der Waals surface area (Å²) in [5, 5.41) is 2.77. The summed E-state index contributed by atoms with van der Waals surface area (Å²) in [6.45, 7) is 2.00. The minimum absolute atomic E-state index is 0.221. The van der Waals surface area contributed by atoms with Crippen LogP contribution in [0.2, 0.25) is 0 Å². The molecular formula is C22H21BrN2O3. The van der Waals surface area contributed by atoms with Crippen molar-refractivity contribution >= 4 is 33.8 Å². The van der Waals surface area contributed by atoms with Gasteiger partial charge in [-0.1, -0.05) is 54.6 Å². The molecule has 2 aromatic carbocycles. The molecule has 0 atom stereocenters. The summed E-state index contributed by atoms with van der Waals surface area (Å²) in [4.78, 5) is 27.3. The van der Waals surface area contributed by atoms with Gasteiger partial charge in [-0.3, -0.25) is 9.59 Å². The molecule has 0 saturated carbocycles. The number of nitrogens with one attached hydrogen (secondary N) is 1. The van der Waals surface area contributed by atoms with Gasteiger partial charge in [0.15, 0.2) is 0 Å². The third-order valence-electron chi connectivity index (χ3n) is 4.25. The zero-order chi connectivity index (χ0) is 19.8. The van der Waals surface area contributed by atoms with E-state index in [0.717, 1.165) is 5.56 Å². The van der Waals surface area contributed by atoms with Crippen LogP contribution in [-0.4, -0.2) is 43.0 Å². The van der Waals surface area contributed by atoms with E-state index >= 15 is 0 Å². The van der Waals surface area contributed by atoms with Crippen molar-refractivity contribution in [2.45, 2.75) is 0 Å². The van der Waals surface area contributed by atoms with E-state index < -0.39 is 0 Å². The van der Waals surface area contributed by atoms with Gasteiger partial charge in [-0.15, -0.1) is 0 Å². The van der Waals surface area contributed by atoms with Crippen molar-refractivity contribution in [3.8, 4) is 0 Å². The number of hydrogen-bond donors (Lipinski definition) is 1. The van der Waals surface area contributed by atoms with Gasteiger partial charge in [0, 0.05) is 17.6 Å². The molecule has 6 heteroatoms. The highest BCUT2D eigenvalue weighted by Crippen LogP contribution is 2.16. The van der Waals surface area contributed by atoms with E-state index in [1.807, 2.05) is 42.5 Å². The fourth-order valence-electron chi connectivity index (χ4n) is 2.76. The Bertz CT molecular complexity index is 888. The zero-order valence-electron chi connectivity index (χ0n) is 15.3. The van der Waals surface area contributed by atoms with E-state index in [1.165, 1.54) is 0 Å². The highest BCUT2D eigenvalue weighted by atomic mass is 79.9. The van der Waals surface area contributed by atoms with Gasteiger partial charge in [-0.2, -0.15) is 0 Å². The van der Waals surface area contributed by atoms with Crippen LogP contribution >= 0.6 is 15.9 Å². The first-order valence-electron chi connectivity index (χ1n) is 9.01. The van der Waals surface area contributed by atoms with Crippen LogP contribution < -0.4 is 5.32 Å². The second kappa shape index (κ2) is 10.0. The van der Waals surface area contributed by atoms with Gasteiger partial charge in [0.05, 0.1) is 18.8 Å². The molecule has 1 N–H and O–H groups in total. The van der Waals surface area contributed by atoms with Gasteiger partial charge in [-0.25, -0.2) is 0 Å². The number of rotatable bonds is 5. The average molecular weight is 441 g/mol. The lowest BCUT2D eigenvalue weighted by Crippen LogP contribution is -2.44. The summed E-state index contributed by atoms with van der Waals surface area (Å²) in [7, 11) is 0. The van der Waals surface area contributed by atoms with Crippen molar-refractivity contribution in [1.29, 1.82) is 0 Å². The van der Waals surface area contributed by atoms with Gasteiger partial charge < -0.3 is 15.0 Å². The van der Waals surface area contributed by atoms with Crippen LogP contribution in [0.5, 0.6) is 0 Å². The molecule has 144 valence electrons. The van der Waals surface area contributed by atoms with Crippen molar-refractivity contribution < 1.29 is 14.3 Å². The number of nitrogens with zero attached hydrogens (tertiary/aromatic N) is 1. The topological polar surface area (TPSA) is 58.6 Å². The fourth-order valence-corrected chi connectivity index (χ4v) is 3.22. The van der Waals surface area contributed by atoms with E-state index in [4.69, 9.17) is 4.74 Å². The molecule has 0 radical (unpaired) electrons. The SMILES string of the molecule is O=C(N/C(=C/C=C/c1ccccc1)C(=O)N1CCOCC1)c1ccccc1Br. The van der Waals surface area contributed by atoms with E-state index in [9.17, 15) is 9.59 Å². The van der Waals surface area contributed by atoms with Gasteiger partial charge in [0.2, 0.25) is 0 Å². The molecule has 0 spiro atoms. The summed E-state index contributed by atoms with van der Waals surface area (Å²) in [6.07, 6.45) is 5.29. The van der Waals surface area contributed by atoms with Crippen molar-refractivity contribution in [2.24, 2.45) is 0 Å². The minimum atomic E-state index is -0.339. The highest BCUT2D eigenvalue weighted by Gasteiger charge is 2.22. The molecule has 2 aromatic rings. The van der Waals surface area contributed by atoms with Gasteiger partial charge in [0.25, 0.3) is 11.8 Å². The molecule has 2 amide bonds. The number of carbonyl (C=O) groups excluding carboxylic acids is 2. The Morgan fingerprint density at radius 3 is 2.39 bits per heavy atom. The van der Waals surface area contributed by atoms with Crippen LogP contribution in [0.4, 0.5) is 0 Å². The first kappa shape index (κ1) is 20.0. The number of ether oxygens (including phenoxy) is 1. The molecule has 0 bridgehead atoms. The highest BCUT2D eigenvalue weighted by molar-refractivity contribution is 9.10. The molecule has 3 rings (SSSR count). The van der Waals surface area contributed by atoms with E-state index in [2.05, 4.69) is 21.2 Å². The van der Waals surface area contributed by atoms with Crippen molar-refractivity contribution in [1.82, 2.24) is 10.2 Å². The Hall–Kier alpha value is -2.70. The second-order valence-corrected chi connectivity index (χ2v) is 7.04. The Morgan fingerprint density at radius 2 is 1.68 bits per heavy atom. The third kappa shape index (κ3) is 5.41. The molecule has 1 saturated heterocycles. The molecule has 0 aliphatic carbocycles. The van der Waals surface area contributed by atoms with Crippen molar-refractivity contribution in [3.05, 3.63) is 88.0 Å². The molecule has 28 heavy (non-hydrogen) atoms. The Kier molecular flexibility index (Phi) is 7.17. The van der Waals surface area contributed by atoms with Gasteiger partial charge in [-0.05, 0) is 39.7 Å². The van der Waals surface area contributed by atoms with Crippen LogP contribution in [0.1, 0.15) is 15.9 Å². The molecule has 0 unspecified atom stereocenters. The summed E-state index contributed by atoms with van der Waals surface area (Å²) < 4.78 is 5.99. The maximum Gasteiger partial charge on any atom is 0.270 e. The van der Waals surface area contributed by atoms with Gasteiger partial charge >= 0.3 is 0 Å². The molecule has 1 aliphatic rings. The fraction of sp³-hybridized carbons (Fsp3) is 0.182. The number of halogens is 1. The Labute approximate surface area is 172 Å². The predicted octanol–water partition coefficient (Wildman–Crippen LogP) is 3.64. The van der Waals surface area contributed by atoms with Crippen LogP contribution in [0.25, 0.3) is 6.08 Å². The number of hydrogen-bond acceptors (Lipinski definition) is 3. The number of carbonyl (C=O) groups is 2. The normalized spacial score (nSPS) is 14.9. The first-order valence-corrected chi connectivity index (χ1v) is 9.81. The van der Waals surface area contributed by atoms with Crippen LogP contribution in [0, 0.1) is 0 Å². The lowest BCUT2D eigenvalue weighted by atomic mass is 10.2. The number of amides is 2. The maximum absolute atomic E-state index is 12.9. The molecule has 5 nitrogen and oxygen atoms in total. The molecular weight excluding hydrogens is 420 g/mol. The standard InChI is InChI=1S/C22H21BrN2O3/c23-19-11-5-4-10-18(19)21(26)24-20(22(27)25-13-15-28-16-14-25)12-6-9-17-7-2-1-3-8-17/h1-12H,13-16H2,(H,24,26)/b9-6+,20-12+. The first-order chi connectivity index (χ1) is 13.6. The minimum Gasteiger partial charge on any atom is -0.378 e. The van der Waals surface area contributed by atoms with Gasteiger partial charge in [0.1, 0.15) is 5.70 Å². The monoisotopic (exact) mass is 440 g/mol. The number of benzene rings is 2. The summed E-state index contributed by atoms with van der Waals surface area (Å²) >= 11 is 3.38. The van der Waals surface area contributed by atoms with E-state index in [-0.39, 0.29) is 17.5 Å². The van der Waals surface area contributed by atoms with E-state index in [1.54, 1.807) is 35.3 Å². The quantitative estimate of drug-likeness (QED) is 0.570.